The highest BCUT2D eigenvalue weighted by Gasteiger charge is 2.61. The van der Waals surface area contributed by atoms with Crippen LogP contribution < -0.4 is 0 Å². The van der Waals surface area contributed by atoms with Gasteiger partial charge in [-0.1, -0.05) is 44.9 Å². The monoisotopic (exact) mass is 316 g/mol. The van der Waals surface area contributed by atoms with Gasteiger partial charge in [-0.15, -0.1) is 0 Å². The van der Waals surface area contributed by atoms with E-state index in [1.54, 1.807) is 0 Å². The van der Waals surface area contributed by atoms with Gasteiger partial charge in [-0.2, -0.15) is 0 Å². The Hall–Kier alpha value is -1.63. The predicted octanol–water partition coefficient (Wildman–Crippen LogP) is 1.87. The summed E-state index contributed by atoms with van der Waals surface area (Å²) in [6, 6.07) is 0. The van der Waals surface area contributed by atoms with Crippen LogP contribution in [-0.4, -0.2) is 43.9 Å². The summed E-state index contributed by atoms with van der Waals surface area (Å²) in [5.41, 5.74) is -4.77. The van der Waals surface area contributed by atoms with Crippen LogP contribution in [0.15, 0.2) is 0 Å². The van der Waals surface area contributed by atoms with Crippen LogP contribution in [0.3, 0.4) is 0 Å². The molecule has 4 N–H and O–H groups in total. The zero-order chi connectivity index (χ0) is 16.8. The molecule has 0 aromatic heterocycles. The Labute approximate surface area is 129 Å². The molecule has 0 aromatic carbocycles. The first-order chi connectivity index (χ1) is 10.3. The maximum atomic E-state index is 11.9. The Morgan fingerprint density at radius 2 is 1.23 bits per heavy atom. The first-order valence-electron chi connectivity index (χ1n) is 7.67. The molecule has 22 heavy (non-hydrogen) atoms. The van der Waals surface area contributed by atoms with Gasteiger partial charge in [0, 0.05) is 0 Å². The number of carboxylic acid groups (broad SMARTS) is 3. The average molecular weight is 316 g/mol. The zero-order valence-corrected chi connectivity index (χ0v) is 12.6. The van der Waals surface area contributed by atoms with Gasteiger partial charge >= 0.3 is 17.9 Å². The molecule has 0 spiro atoms. The quantitative estimate of drug-likeness (QED) is 0.608. The molecule has 7 heteroatoms. The van der Waals surface area contributed by atoms with Crippen molar-refractivity contribution in [1.29, 1.82) is 0 Å². The van der Waals surface area contributed by atoms with E-state index in [-0.39, 0.29) is 12.8 Å². The van der Waals surface area contributed by atoms with Crippen molar-refractivity contribution >= 4 is 17.9 Å². The summed E-state index contributed by atoms with van der Waals surface area (Å²) in [4.78, 5) is 34.4. The summed E-state index contributed by atoms with van der Waals surface area (Å²) < 4.78 is 0. The molecule has 1 aliphatic carbocycles. The van der Waals surface area contributed by atoms with E-state index in [2.05, 4.69) is 0 Å². The molecule has 0 radical (unpaired) electrons. The Bertz CT molecular complexity index is 422. The SMILES string of the molecule is O=C(O)CC(O)(C(=O)O)C1(C(=O)O)CCCCCCCCC1. The van der Waals surface area contributed by atoms with Gasteiger partial charge < -0.3 is 20.4 Å². The molecule has 1 aliphatic rings. The summed E-state index contributed by atoms with van der Waals surface area (Å²) in [5.74, 6) is -4.74. The lowest BCUT2D eigenvalue weighted by Gasteiger charge is -2.41. The summed E-state index contributed by atoms with van der Waals surface area (Å²) in [6.45, 7) is 0. The lowest BCUT2D eigenvalue weighted by Crippen LogP contribution is -2.59. The number of hydrogen-bond acceptors (Lipinski definition) is 4. The van der Waals surface area contributed by atoms with Crippen LogP contribution in [0, 0.1) is 5.41 Å². The van der Waals surface area contributed by atoms with E-state index in [4.69, 9.17) is 5.11 Å². The van der Waals surface area contributed by atoms with Gasteiger partial charge in [0.15, 0.2) is 5.60 Å². The molecule has 1 fully saturated rings. The van der Waals surface area contributed by atoms with E-state index in [9.17, 15) is 29.7 Å². The molecule has 126 valence electrons. The number of aliphatic carboxylic acids is 3. The van der Waals surface area contributed by atoms with Crippen molar-refractivity contribution in [3.8, 4) is 0 Å². The van der Waals surface area contributed by atoms with Gasteiger partial charge in [-0.05, 0) is 12.8 Å². The standard InChI is InChI=1S/C15H24O7/c16-11(17)10-15(22,13(20)21)14(12(18)19)8-6-4-2-1-3-5-7-9-14/h22H,1-10H2,(H,16,17)(H,18,19)(H,20,21). The first kappa shape index (κ1) is 18.4. The minimum Gasteiger partial charge on any atom is -0.481 e. The van der Waals surface area contributed by atoms with Crippen molar-refractivity contribution in [1.82, 2.24) is 0 Å². The van der Waals surface area contributed by atoms with E-state index >= 15 is 0 Å². The summed E-state index contributed by atoms with van der Waals surface area (Å²) in [6.07, 6.45) is 4.16. The fourth-order valence-corrected chi connectivity index (χ4v) is 3.34. The van der Waals surface area contributed by atoms with Gasteiger partial charge in [0.05, 0.1) is 6.42 Å². The third-order valence-electron chi connectivity index (χ3n) is 4.67. The van der Waals surface area contributed by atoms with Crippen LogP contribution in [0.4, 0.5) is 0 Å². The van der Waals surface area contributed by atoms with Crippen LogP contribution in [0.25, 0.3) is 0 Å². The van der Waals surface area contributed by atoms with Gasteiger partial charge in [-0.3, -0.25) is 9.59 Å². The maximum Gasteiger partial charge on any atom is 0.337 e. The Morgan fingerprint density at radius 1 is 0.818 bits per heavy atom. The Kier molecular flexibility index (Phi) is 6.34. The second-order valence-corrected chi connectivity index (χ2v) is 6.10. The van der Waals surface area contributed by atoms with E-state index < -0.39 is 35.3 Å². The molecule has 1 saturated carbocycles. The third-order valence-corrected chi connectivity index (χ3v) is 4.67. The number of rotatable bonds is 5. The highest BCUT2D eigenvalue weighted by Crippen LogP contribution is 2.45. The molecular weight excluding hydrogens is 292 g/mol. The second kappa shape index (κ2) is 7.58. The fraction of sp³-hybridized carbons (Fsp3) is 0.800. The van der Waals surface area contributed by atoms with Crippen LogP contribution in [0.1, 0.15) is 64.2 Å². The zero-order valence-electron chi connectivity index (χ0n) is 12.6. The van der Waals surface area contributed by atoms with Crippen molar-refractivity contribution < 1.29 is 34.8 Å². The Balaban J connectivity index is 3.24. The van der Waals surface area contributed by atoms with Crippen LogP contribution >= 0.6 is 0 Å². The number of aliphatic hydroxyl groups is 1. The molecule has 1 unspecified atom stereocenters. The topological polar surface area (TPSA) is 132 Å². The van der Waals surface area contributed by atoms with Crippen molar-refractivity contribution in [2.24, 2.45) is 5.41 Å². The summed E-state index contributed by atoms with van der Waals surface area (Å²) in [5, 5.41) is 38.5. The smallest absolute Gasteiger partial charge is 0.337 e. The lowest BCUT2D eigenvalue weighted by atomic mass is 9.63. The minimum absolute atomic E-state index is 0.0294. The van der Waals surface area contributed by atoms with Gasteiger partial charge in [0.1, 0.15) is 5.41 Å². The lowest BCUT2D eigenvalue weighted by molar-refractivity contribution is -0.196. The Morgan fingerprint density at radius 3 is 1.55 bits per heavy atom. The molecule has 1 rings (SSSR count). The highest BCUT2D eigenvalue weighted by molar-refractivity contribution is 5.92. The highest BCUT2D eigenvalue weighted by atomic mass is 16.4. The van der Waals surface area contributed by atoms with Crippen molar-refractivity contribution in [3.63, 3.8) is 0 Å². The molecule has 0 bridgehead atoms. The van der Waals surface area contributed by atoms with Crippen LogP contribution in [0.5, 0.6) is 0 Å². The largest absolute Gasteiger partial charge is 0.481 e. The molecule has 7 nitrogen and oxygen atoms in total. The molecule has 1 atom stereocenters. The summed E-state index contributed by atoms with van der Waals surface area (Å²) in [7, 11) is 0. The molecule has 0 amide bonds. The second-order valence-electron chi connectivity index (χ2n) is 6.10. The summed E-state index contributed by atoms with van der Waals surface area (Å²) >= 11 is 0. The van der Waals surface area contributed by atoms with E-state index in [0.717, 1.165) is 32.1 Å². The fourth-order valence-electron chi connectivity index (χ4n) is 3.34. The molecule has 0 saturated heterocycles. The predicted molar refractivity (Wildman–Crippen MR) is 76.5 cm³/mol. The normalized spacial score (nSPS) is 22.2. The van der Waals surface area contributed by atoms with Gasteiger partial charge in [0.2, 0.25) is 0 Å². The maximum absolute atomic E-state index is 11.9. The molecule has 0 heterocycles. The first-order valence-corrected chi connectivity index (χ1v) is 7.67. The van der Waals surface area contributed by atoms with Crippen molar-refractivity contribution in [2.45, 2.75) is 69.8 Å². The minimum atomic E-state index is -2.80. The van der Waals surface area contributed by atoms with E-state index in [1.807, 2.05) is 0 Å². The average Bonchev–Trinajstić information content (AvgIpc) is 2.43. The third kappa shape index (κ3) is 3.76. The number of hydrogen-bond donors (Lipinski definition) is 4. The van der Waals surface area contributed by atoms with E-state index in [1.165, 1.54) is 0 Å². The van der Waals surface area contributed by atoms with Gasteiger partial charge in [-0.25, -0.2) is 4.79 Å². The van der Waals surface area contributed by atoms with E-state index in [0.29, 0.717) is 12.8 Å². The molecule has 0 aliphatic heterocycles. The molecular formula is C15H24O7. The number of carboxylic acids is 3. The number of carbonyl (C=O) groups is 3. The molecule has 0 aromatic rings. The van der Waals surface area contributed by atoms with Crippen molar-refractivity contribution in [3.05, 3.63) is 0 Å². The van der Waals surface area contributed by atoms with Crippen LogP contribution in [0.2, 0.25) is 0 Å². The van der Waals surface area contributed by atoms with Gasteiger partial charge in [0.25, 0.3) is 0 Å². The van der Waals surface area contributed by atoms with Crippen molar-refractivity contribution in [2.75, 3.05) is 0 Å². The van der Waals surface area contributed by atoms with Crippen LogP contribution in [-0.2, 0) is 14.4 Å².